The van der Waals surface area contributed by atoms with Gasteiger partial charge < -0.3 is 24.6 Å². The van der Waals surface area contributed by atoms with E-state index in [1.807, 2.05) is 36.4 Å². The highest BCUT2D eigenvalue weighted by Gasteiger charge is 2.41. The number of hydrogen-bond donors (Lipinski definition) is 1. The fourth-order valence-electron chi connectivity index (χ4n) is 6.26. The minimum atomic E-state index is -0.0741. The van der Waals surface area contributed by atoms with Crippen molar-refractivity contribution < 1.29 is 14.3 Å². The van der Waals surface area contributed by atoms with Crippen LogP contribution in [0.2, 0.25) is 0 Å². The lowest BCUT2D eigenvalue weighted by Crippen LogP contribution is -2.37. The highest BCUT2D eigenvalue weighted by Crippen LogP contribution is 2.36. The predicted octanol–water partition coefficient (Wildman–Crippen LogP) is 4.95. The third-order valence-electron chi connectivity index (χ3n) is 8.69. The third-order valence-corrected chi connectivity index (χ3v) is 8.69. The van der Waals surface area contributed by atoms with Crippen LogP contribution in [0.4, 0.5) is 11.4 Å². The van der Waals surface area contributed by atoms with Crippen molar-refractivity contribution in [3.63, 3.8) is 0 Å². The number of rotatable bonds is 8. The number of nitrogens with zero attached hydrogens (tertiary/aromatic N) is 2. The first-order valence-electron chi connectivity index (χ1n) is 13.9. The van der Waals surface area contributed by atoms with Gasteiger partial charge in [-0.05, 0) is 92.3 Å². The summed E-state index contributed by atoms with van der Waals surface area (Å²) >= 11 is 0. The summed E-state index contributed by atoms with van der Waals surface area (Å²) < 4.78 is 11.4. The molecule has 4 fully saturated rings. The molecule has 3 aliphatic heterocycles. The minimum absolute atomic E-state index is 0.0741. The van der Waals surface area contributed by atoms with Gasteiger partial charge in [-0.25, -0.2) is 0 Å². The molecule has 6 rings (SSSR count). The summed E-state index contributed by atoms with van der Waals surface area (Å²) in [7, 11) is 0. The molecule has 3 saturated heterocycles. The van der Waals surface area contributed by atoms with E-state index in [9.17, 15) is 4.79 Å². The van der Waals surface area contributed by atoms with Gasteiger partial charge in [0.15, 0.2) is 0 Å². The molecule has 2 aromatic carbocycles. The van der Waals surface area contributed by atoms with Gasteiger partial charge in [-0.2, -0.15) is 0 Å². The van der Waals surface area contributed by atoms with Crippen LogP contribution < -0.4 is 10.2 Å². The molecule has 192 valence electrons. The molecule has 0 radical (unpaired) electrons. The Hall–Kier alpha value is -2.41. The Morgan fingerprint density at radius 3 is 2.44 bits per heavy atom. The Labute approximate surface area is 214 Å². The van der Waals surface area contributed by atoms with Crippen LogP contribution in [0.3, 0.4) is 0 Å². The number of carbonyl (C=O) groups is 1. The Morgan fingerprint density at radius 1 is 0.944 bits per heavy atom. The Balaban J connectivity index is 1.01. The second-order valence-corrected chi connectivity index (χ2v) is 11.1. The second-order valence-electron chi connectivity index (χ2n) is 11.1. The third kappa shape index (κ3) is 5.46. The van der Waals surface area contributed by atoms with Crippen molar-refractivity contribution in [2.45, 2.75) is 57.3 Å². The van der Waals surface area contributed by atoms with E-state index < -0.39 is 0 Å². The Morgan fingerprint density at radius 2 is 1.72 bits per heavy atom. The molecule has 6 nitrogen and oxygen atoms in total. The molecule has 6 heteroatoms. The highest BCUT2D eigenvalue weighted by atomic mass is 16.5. The number of amides is 1. The average Bonchev–Trinajstić information content (AvgIpc) is 3.45. The van der Waals surface area contributed by atoms with Gasteiger partial charge >= 0.3 is 0 Å². The van der Waals surface area contributed by atoms with E-state index in [1.54, 1.807) is 0 Å². The summed E-state index contributed by atoms with van der Waals surface area (Å²) in [5.74, 6) is 1.49. The fourth-order valence-corrected chi connectivity index (χ4v) is 6.26. The summed E-state index contributed by atoms with van der Waals surface area (Å²) in [5.41, 5.74) is 3.89. The predicted molar refractivity (Wildman–Crippen MR) is 142 cm³/mol. The van der Waals surface area contributed by atoms with Crippen LogP contribution in [0.1, 0.15) is 54.4 Å². The standard InChI is InChI=1S/C30H39N3O3/c34-30(24-6-4-23(5-7-24)21-36-28-2-1-3-28)31-26-8-10-27(11-9-26)33-15-12-25-19-32(20-29(25)33)18-22-13-16-35-17-14-22/h4-11,22,25,28-29H,1-3,12-21H2,(H,31,34)/t25-,29+/m1/s1. The Kier molecular flexibility index (Phi) is 7.26. The van der Waals surface area contributed by atoms with E-state index in [0.29, 0.717) is 24.3 Å². The van der Waals surface area contributed by atoms with Gasteiger partial charge in [0.25, 0.3) is 5.91 Å². The first-order valence-corrected chi connectivity index (χ1v) is 13.9. The first-order chi connectivity index (χ1) is 17.7. The zero-order chi connectivity index (χ0) is 24.3. The van der Waals surface area contributed by atoms with Gasteiger partial charge in [-0.1, -0.05) is 12.1 Å². The van der Waals surface area contributed by atoms with E-state index in [0.717, 1.165) is 42.8 Å². The maximum Gasteiger partial charge on any atom is 0.255 e. The lowest BCUT2D eigenvalue weighted by molar-refractivity contribution is -0.00866. The molecule has 2 aromatic rings. The number of hydrogen-bond acceptors (Lipinski definition) is 5. The number of ether oxygens (including phenoxy) is 2. The van der Waals surface area contributed by atoms with E-state index in [1.165, 1.54) is 63.8 Å². The summed E-state index contributed by atoms with van der Waals surface area (Å²) in [4.78, 5) is 18.1. The molecule has 1 aliphatic carbocycles. The topological polar surface area (TPSA) is 54.0 Å². The van der Waals surface area contributed by atoms with Crippen molar-refractivity contribution in [2.75, 3.05) is 49.6 Å². The molecule has 1 amide bonds. The largest absolute Gasteiger partial charge is 0.381 e. The summed E-state index contributed by atoms with van der Waals surface area (Å²) in [6.07, 6.45) is 7.74. The van der Waals surface area contributed by atoms with Gasteiger partial charge in [0.1, 0.15) is 0 Å². The van der Waals surface area contributed by atoms with Gasteiger partial charge in [0, 0.05) is 62.4 Å². The number of benzene rings is 2. The van der Waals surface area contributed by atoms with Crippen LogP contribution in [-0.2, 0) is 16.1 Å². The van der Waals surface area contributed by atoms with Gasteiger partial charge in [0.05, 0.1) is 12.7 Å². The molecule has 1 saturated carbocycles. The fraction of sp³-hybridized carbons (Fsp3) is 0.567. The summed E-state index contributed by atoms with van der Waals surface area (Å²) in [6, 6.07) is 16.8. The van der Waals surface area contributed by atoms with Crippen molar-refractivity contribution in [1.82, 2.24) is 4.90 Å². The second kappa shape index (κ2) is 10.9. The van der Waals surface area contributed by atoms with Crippen molar-refractivity contribution in [3.05, 3.63) is 59.7 Å². The van der Waals surface area contributed by atoms with Crippen molar-refractivity contribution in [3.8, 4) is 0 Å². The van der Waals surface area contributed by atoms with E-state index in [2.05, 4.69) is 27.2 Å². The van der Waals surface area contributed by atoms with E-state index >= 15 is 0 Å². The van der Waals surface area contributed by atoms with Crippen LogP contribution in [0, 0.1) is 11.8 Å². The summed E-state index contributed by atoms with van der Waals surface area (Å²) in [5, 5.41) is 3.06. The molecule has 0 aromatic heterocycles. The van der Waals surface area contributed by atoms with Crippen LogP contribution in [-0.4, -0.2) is 62.3 Å². The normalized spacial score (nSPS) is 25.1. The monoisotopic (exact) mass is 489 g/mol. The molecule has 0 unspecified atom stereocenters. The zero-order valence-corrected chi connectivity index (χ0v) is 21.2. The average molecular weight is 490 g/mol. The Bertz CT molecular complexity index is 1010. The van der Waals surface area contributed by atoms with Crippen LogP contribution in [0.15, 0.2) is 48.5 Å². The number of anilines is 2. The molecule has 0 bridgehead atoms. The lowest BCUT2D eigenvalue weighted by Gasteiger charge is -2.29. The molecule has 36 heavy (non-hydrogen) atoms. The first kappa shape index (κ1) is 24.0. The molecular weight excluding hydrogens is 450 g/mol. The van der Waals surface area contributed by atoms with Crippen LogP contribution in [0.25, 0.3) is 0 Å². The smallest absolute Gasteiger partial charge is 0.255 e. The van der Waals surface area contributed by atoms with Crippen molar-refractivity contribution >= 4 is 17.3 Å². The molecule has 3 heterocycles. The van der Waals surface area contributed by atoms with Gasteiger partial charge in [-0.3, -0.25) is 4.79 Å². The quantitative estimate of drug-likeness (QED) is 0.569. The maximum absolute atomic E-state index is 12.8. The number of fused-ring (bicyclic) bond motifs is 1. The van der Waals surface area contributed by atoms with Crippen LogP contribution in [0.5, 0.6) is 0 Å². The van der Waals surface area contributed by atoms with E-state index in [-0.39, 0.29) is 5.91 Å². The summed E-state index contributed by atoms with van der Waals surface area (Å²) in [6.45, 7) is 7.24. The van der Waals surface area contributed by atoms with Crippen molar-refractivity contribution in [1.29, 1.82) is 0 Å². The molecule has 1 N–H and O–H groups in total. The highest BCUT2D eigenvalue weighted by molar-refractivity contribution is 6.04. The SMILES string of the molecule is O=C(Nc1ccc(N2CC[C@@H]3CN(CC4CCOCC4)C[C@@H]32)cc1)c1ccc(COC2CCC2)cc1. The van der Waals surface area contributed by atoms with E-state index in [4.69, 9.17) is 9.47 Å². The minimum Gasteiger partial charge on any atom is -0.381 e. The number of carbonyl (C=O) groups excluding carboxylic acids is 1. The van der Waals surface area contributed by atoms with Crippen molar-refractivity contribution in [2.24, 2.45) is 11.8 Å². The molecule has 2 atom stereocenters. The number of nitrogens with one attached hydrogen (secondary N) is 1. The van der Waals surface area contributed by atoms with Gasteiger partial charge in [0.2, 0.25) is 0 Å². The molecule has 0 spiro atoms. The zero-order valence-electron chi connectivity index (χ0n) is 21.2. The van der Waals surface area contributed by atoms with Gasteiger partial charge in [-0.15, -0.1) is 0 Å². The van der Waals surface area contributed by atoms with Crippen LogP contribution >= 0.6 is 0 Å². The maximum atomic E-state index is 12.8. The molecular formula is C30H39N3O3. The number of likely N-dealkylation sites (tertiary alicyclic amines) is 1. The molecule has 4 aliphatic rings. The lowest BCUT2D eigenvalue weighted by atomic mass is 9.96.